The van der Waals surface area contributed by atoms with Crippen molar-refractivity contribution in [2.24, 2.45) is 0 Å². The molecule has 21 heavy (non-hydrogen) atoms. The van der Waals surface area contributed by atoms with Crippen molar-refractivity contribution in [3.05, 3.63) is 48.3 Å². The first-order chi connectivity index (χ1) is 10.3. The molecule has 2 rings (SSSR count). The molecular weight excluding hydrogens is 262 g/mol. The van der Waals surface area contributed by atoms with Crippen molar-refractivity contribution in [1.82, 2.24) is 15.1 Å². The standard InChI is InChI=1S/C17H23N3O/c1-2-3-5-10-17(21)18-12-11-15-13-19-20(14-15)16-8-6-4-7-9-16/h4,6-9,13-14H,2-3,5,10-12H2,1H3,(H,18,21). The van der Waals surface area contributed by atoms with Crippen LogP contribution in [0.5, 0.6) is 0 Å². The molecule has 0 bridgehead atoms. The minimum absolute atomic E-state index is 0.152. The zero-order valence-electron chi connectivity index (χ0n) is 12.6. The highest BCUT2D eigenvalue weighted by Crippen LogP contribution is 2.07. The average Bonchev–Trinajstić information content (AvgIpc) is 2.97. The number of para-hydroxylation sites is 1. The number of carbonyl (C=O) groups excluding carboxylic acids is 1. The second-order valence-electron chi connectivity index (χ2n) is 5.19. The lowest BCUT2D eigenvalue weighted by atomic mass is 10.2. The second-order valence-corrected chi connectivity index (χ2v) is 5.19. The maximum Gasteiger partial charge on any atom is 0.220 e. The zero-order valence-corrected chi connectivity index (χ0v) is 12.6. The van der Waals surface area contributed by atoms with E-state index in [1.807, 2.05) is 47.4 Å². The zero-order chi connectivity index (χ0) is 14.9. The number of hydrogen-bond donors (Lipinski definition) is 1. The topological polar surface area (TPSA) is 46.9 Å². The summed E-state index contributed by atoms with van der Waals surface area (Å²) in [6.45, 7) is 2.81. The van der Waals surface area contributed by atoms with E-state index in [1.54, 1.807) is 0 Å². The molecule has 112 valence electrons. The number of benzene rings is 1. The van der Waals surface area contributed by atoms with Gasteiger partial charge in [0.25, 0.3) is 0 Å². The fraction of sp³-hybridized carbons (Fsp3) is 0.412. The molecule has 4 nitrogen and oxygen atoms in total. The molecule has 0 aliphatic carbocycles. The highest BCUT2D eigenvalue weighted by atomic mass is 16.1. The van der Waals surface area contributed by atoms with Gasteiger partial charge in [-0.05, 0) is 30.5 Å². The normalized spacial score (nSPS) is 10.5. The highest BCUT2D eigenvalue weighted by molar-refractivity contribution is 5.75. The molecule has 0 saturated carbocycles. The Hall–Kier alpha value is -2.10. The van der Waals surface area contributed by atoms with Gasteiger partial charge in [0.15, 0.2) is 0 Å². The number of unbranched alkanes of at least 4 members (excludes halogenated alkanes) is 2. The van der Waals surface area contributed by atoms with Gasteiger partial charge in [-0.25, -0.2) is 4.68 Å². The fourth-order valence-electron chi connectivity index (χ4n) is 2.18. The fourth-order valence-corrected chi connectivity index (χ4v) is 2.18. The van der Waals surface area contributed by atoms with Crippen LogP contribution in [-0.2, 0) is 11.2 Å². The van der Waals surface area contributed by atoms with Crippen LogP contribution in [0.2, 0.25) is 0 Å². The first kappa shape index (κ1) is 15.3. The first-order valence-electron chi connectivity index (χ1n) is 7.65. The van der Waals surface area contributed by atoms with Crippen molar-refractivity contribution < 1.29 is 4.79 Å². The lowest BCUT2D eigenvalue weighted by molar-refractivity contribution is -0.121. The van der Waals surface area contributed by atoms with E-state index in [9.17, 15) is 4.79 Å². The van der Waals surface area contributed by atoms with E-state index in [4.69, 9.17) is 0 Å². The van der Waals surface area contributed by atoms with Gasteiger partial charge in [-0.2, -0.15) is 5.10 Å². The van der Waals surface area contributed by atoms with Crippen molar-refractivity contribution in [1.29, 1.82) is 0 Å². The maximum atomic E-state index is 11.6. The summed E-state index contributed by atoms with van der Waals surface area (Å²) in [5.74, 6) is 0.152. The van der Waals surface area contributed by atoms with Crippen LogP contribution in [0.25, 0.3) is 5.69 Å². The van der Waals surface area contributed by atoms with Gasteiger partial charge < -0.3 is 5.32 Å². The maximum absolute atomic E-state index is 11.6. The summed E-state index contributed by atoms with van der Waals surface area (Å²) in [7, 11) is 0. The van der Waals surface area contributed by atoms with Crippen molar-refractivity contribution in [2.45, 2.75) is 39.0 Å². The summed E-state index contributed by atoms with van der Waals surface area (Å²) in [5.41, 5.74) is 2.18. The summed E-state index contributed by atoms with van der Waals surface area (Å²) in [6.07, 6.45) is 8.57. The number of amides is 1. The molecule has 0 radical (unpaired) electrons. The lowest BCUT2D eigenvalue weighted by Gasteiger charge is -2.03. The molecule has 0 spiro atoms. The molecule has 0 fully saturated rings. The minimum atomic E-state index is 0.152. The number of nitrogens with zero attached hydrogens (tertiary/aromatic N) is 2. The van der Waals surface area contributed by atoms with Crippen LogP contribution in [0.4, 0.5) is 0 Å². The van der Waals surface area contributed by atoms with E-state index in [2.05, 4.69) is 17.3 Å². The number of aromatic nitrogens is 2. The number of carbonyl (C=O) groups is 1. The van der Waals surface area contributed by atoms with Crippen molar-refractivity contribution in [2.75, 3.05) is 6.54 Å². The van der Waals surface area contributed by atoms with Gasteiger partial charge in [-0.15, -0.1) is 0 Å². The van der Waals surface area contributed by atoms with Gasteiger partial charge in [0.2, 0.25) is 5.91 Å². The third-order valence-electron chi connectivity index (χ3n) is 3.40. The Labute approximate surface area is 126 Å². The van der Waals surface area contributed by atoms with Crippen LogP contribution < -0.4 is 5.32 Å². The Morgan fingerprint density at radius 2 is 2.05 bits per heavy atom. The van der Waals surface area contributed by atoms with Gasteiger partial charge in [0.1, 0.15) is 0 Å². The van der Waals surface area contributed by atoms with Gasteiger partial charge >= 0.3 is 0 Å². The summed E-state index contributed by atoms with van der Waals surface area (Å²) in [4.78, 5) is 11.6. The lowest BCUT2D eigenvalue weighted by Crippen LogP contribution is -2.25. The molecule has 0 unspecified atom stereocenters. The smallest absolute Gasteiger partial charge is 0.220 e. The molecule has 1 amide bonds. The number of nitrogens with one attached hydrogen (secondary N) is 1. The molecule has 1 N–H and O–H groups in total. The van der Waals surface area contributed by atoms with E-state index < -0.39 is 0 Å². The highest BCUT2D eigenvalue weighted by Gasteiger charge is 2.03. The Kier molecular flexibility index (Phi) is 6.00. The second kappa shape index (κ2) is 8.25. The van der Waals surface area contributed by atoms with E-state index in [1.165, 1.54) is 0 Å². The molecular formula is C17H23N3O. The van der Waals surface area contributed by atoms with Crippen molar-refractivity contribution in [3.8, 4) is 5.69 Å². The third-order valence-corrected chi connectivity index (χ3v) is 3.40. The molecule has 0 aliphatic heterocycles. The SMILES string of the molecule is CCCCCC(=O)NCCc1cnn(-c2ccccc2)c1. The summed E-state index contributed by atoms with van der Waals surface area (Å²) in [5, 5.41) is 7.31. The molecule has 0 atom stereocenters. The van der Waals surface area contributed by atoms with Gasteiger partial charge in [0.05, 0.1) is 11.9 Å². The van der Waals surface area contributed by atoms with Crippen molar-refractivity contribution >= 4 is 5.91 Å². The average molecular weight is 285 g/mol. The Morgan fingerprint density at radius 3 is 2.81 bits per heavy atom. The first-order valence-corrected chi connectivity index (χ1v) is 7.65. The van der Waals surface area contributed by atoms with E-state index in [-0.39, 0.29) is 5.91 Å². The molecule has 1 aromatic heterocycles. The molecule has 0 saturated heterocycles. The number of hydrogen-bond acceptors (Lipinski definition) is 2. The van der Waals surface area contributed by atoms with Crippen molar-refractivity contribution in [3.63, 3.8) is 0 Å². The molecule has 1 aromatic carbocycles. The van der Waals surface area contributed by atoms with Crippen LogP contribution in [0, 0.1) is 0 Å². The van der Waals surface area contributed by atoms with Crippen LogP contribution in [0.3, 0.4) is 0 Å². The molecule has 4 heteroatoms. The quantitative estimate of drug-likeness (QED) is 0.758. The van der Waals surface area contributed by atoms with Gasteiger partial charge in [0, 0.05) is 19.2 Å². The minimum Gasteiger partial charge on any atom is -0.356 e. The Balaban J connectivity index is 1.75. The number of rotatable bonds is 8. The predicted octanol–water partition coefficient (Wildman–Crippen LogP) is 3.11. The predicted molar refractivity (Wildman–Crippen MR) is 84.4 cm³/mol. The Morgan fingerprint density at radius 1 is 1.24 bits per heavy atom. The third kappa shape index (κ3) is 5.06. The molecule has 1 heterocycles. The van der Waals surface area contributed by atoms with E-state index in [0.717, 1.165) is 36.9 Å². The van der Waals surface area contributed by atoms with Crippen LogP contribution in [-0.4, -0.2) is 22.2 Å². The summed E-state index contributed by atoms with van der Waals surface area (Å²) < 4.78 is 1.86. The largest absolute Gasteiger partial charge is 0.356 e. The molecule has 2 aromatic rings. The monoisotopic (exact) mass is 285 g/mol. The summed E-state index contributed by atoms with van der Waals surface area (Å²) >= 11 is 0. The van der Waals surface area contributed by atoms with E-state index >= 15 is 0 Å². The van der Waals surface area contributed by atoms with Crippen LogP contribution in [0.1, 0.15) is 38.2 Å². The Bertz CT molecular complexity index is 548. The van der Waals surface area contributed by atoms with Gasteiger partial charge in [-0.3, -0.25) is 4.79 Å². The summed E-state index contributed by atoms with van der Waals surface area (Å²) in [6, 6.07) is 10.0. The van der Waals surface area contributed by atoms with E-state index in [0.29, 0.717) is 13.0 Å². The molecule has 0 aliphatic rings. The van der Waals surface area contributed by atoms with Gasteiger partial charge in [-0.1, -0.05) is 38.0 Å². The van der Waals surface area contributed by atoms with Crippen LogP contribution in [0.15, 0.2) is 42.7 Å². The van der Waals surface area contributed by atoms with Crippen LogP contribution >= 0.6 is 0 Å².